The summed E-state index contributed by atoms with van der Waals surface area (Å²) < 4.78 is 5.42. The molecule has 5 nitrogen and oxygen atoms in total. The summed E-state index contributed by atoms with van der Waals surface area (Å²) in [6, 6.07) is 8.32. The number of terminal acetylenes is 1. The molecule has 1 heterocycles. The number of benzene rings is 1. The molecule has 2 rings (SSSR count). The van der Waals surface area contributed by atoms with Gasteiger partial charge < -0.3 is 20.2 Å². The highest BCUT2D eigenvalue weighted by Crippen LogP contribution is 2.26. The molecule has 0 aliphatic carbocycles. The lowest BCUT2D eigenvalue weighted by molar-refractivity contribution is 0.0584. The highest BCUT2D eigenvalue weighted by Gasteiger charge is 2.28. The summed E-state index contributed by atoms with van der Waals surface area (Å²) in [6.45, 7) is 5.27. The van der Waals surface area contributed by atoms with Gasteiger partial charge in [0.15, 0.2) is 0 Å². The summed E-state index contributed by atoms with van der Waals surface area (Å²) in [6.07, 6.45) is 5.33. The van der Waals surface area contributed by atoms with Crippen molar-refractivity contribution in [2.75, 3.05) is 11.9 Å². The Bertz CT molecular complexity index is 754. The molecule has 0 fully saturated rings. The Hall–Kier alpha value is -2.71. The first-order chi connectivity index (χ1) is 10.8. The van der Waals surface area contributed by atoms with Crippen molar-refractivity contribution in [1.82, 2.24) is 5.32 Å². The van der Waals surface area contributed by atoms with E-state index in [9.17, 15) is 9.90 Å². The molecular formula is C18H20N2O3. The number of rotatable bonds is 4. The van der Waals surface area contributed by atoms with Gasteiger partial charge in [0.05, 0.1) is 6.54 Å². The maximum atomic E-state index is 12.0. The van der Waals surface area contributed by atoms with Crippen molar-refractivity contribution in [3.63, 3.8) is 0 Å². The van der Waals surface area contributed by atoms with Gasteiger partial charge in [-0.25, -0.2) is 4.79 Å². The number of hydrogen-bond acceptors (Lipinski definition) is 3. The van der Waals surface area contributed by atoms with Crippen LogP contribution >= 0.6 is 0 Å². The van der Waals surface area contributed by atoms with Crippen molar-refractivity contribution in [2.24, 2.45) is 0 Å². The zero-order chi connectivity index (χ0) is 17.0. The van der Waals surface area contributed by atoms with E-state index in [0.29, 0.717) is 28.3 Å². The van der Waals surface area contributed by atoms with Crippen LogP contribution < -0.4 is 10.6 Å². The Morgan fingerprint density at radius 2 is 2.13 bits per heavy atom. The highest BCUT2D eigenvalue weighted by molar-refractivity contribution is 5.89. The molecule has 5 heteroatoms. The van der Waals surface area contributed by atoms with Crippen molar-refractivity contribution >= 4 is 11.7 Å². The molecular weight excluding hydrogens is 292 g/mol. The number of nitrogens with one attached hydrogen (secondary N) is 2. The number of aryl methyl sites for hydroxylation is 2. The number of aliphatic hydroxyl groups is 1. The molecule has 0 spiro atoms. The van der Waals surface area contributed by atoms with E-state index in [-0.39, 0.29) is 6.54 Å². The quantitative estimate of drug-likeness (QED) is 0.760. The second kappa shape index (κ2) is 6.59. The standard InChI is InChI=1S/C18H20N2O3/c1-5-14-7-6-8-15(10-14)20-17(21)19-11-18(4,22)16-9-12(2)23-13(16)3/h1,6-10,22H,11H2,2-4H3,(H2,19,20,21). The van der Waals surface area contributed by atoms with Gasteiger partial charge in [0.25, 0.3) is 0 Å². The van der Waals surface area contributed by atoms with Gasteiger partial charge in [-0.15, -0.1) is 6.42 Å². The molecule has 23 heavy (non-hydrogen) atoms. The number of carbonyl (C=O) groups excluding carboxylic acids is 1. The Balaban J connectivity index is 1.98. The van der Waals surface area contributed by atoms with Gasteiger partial charge in [-0.3, -0.25) is 0 Å². The van der Waals surface area contributed by atoms with Crippen LogP contribution in [0, 0.1) is 26.2 Å². The Kier molecular flexibility index (Phi) is 4.77. The number of hydrogen-bond donors (Lipinski definition) is 3. The molecule has 1 aromatic carbocycles. The third kappa shape index (κ3) is 4.15. The molecule has 2 aromatic rings. The van der Waals surface area contributed by atoms with Crippen LogP contribution in [0.25, 0.3) is 0 Å². The fourth-order valence-corrected chi connectivity index (χ4v) is 2.38. The number of anilines is 1. The van der Waals surface area contributed by atoms with E-state index >= 15 is 0 Å². The molecule has 0 aliphatic heterocycles. The summed E-state index contributed by atoms with van der Waals surface area (Å²) in [5.41, 5.74) is 0.705. The van der Waals surface area contributed by atoms with Crippen LogP contribution in [0.1, 0.15) is 29.6 Å². The number of carbonyl (C=O) groups is 1. The van der Waals surface area contributed by atoms with Gasteiger partial charge in [-0.05, 0) is 45.0 Å². The minimum atomic E-state index is -1.22. The van der Waals surface area contributed by atoms with Crippen LogP contribution in [0.15, 0.2) is 34.7 Å². The third-order valence-corrected chi connectivity index (χ3v) is 3.50. The van der Waals surface area contributed by atoms with Crippen LogP contribution in [-0.4, -0.2) is 17.7 Å². The summed E-state index contributed by atoms with van der Waals surface area (Å²) in [5.74, 6) is 3.86. The van der Waals surface area contributed by atoms with Crippen LogP contribution in [0.4, 0.5) is 10.5 Å². The van der Waals surface area contributed by atoms with E-state index in [2.05, 4.69) is 16.6 Å². The van der Waals surface area contributed by atoms with Crippen LogP contribution in [0.2, 0.25) is 0 Å². The van der Waals surface area contributed by atoms with E-state index in [0.717, 1.165) is 0 Å². The van der Waals surface area contributed by atoms with Crippen molar-refractivity contribution < 1.29 is 14.3 Å². The van der Waals surface area contributed by atoms with E-state index in [1.807, 2.05) is 6.92 Å². The lowest BCUT2D eigenvalue weighted by Gasteiger charge is -2.23. The van der Waals surface area contributed by atoms with E-state index < -0.39 is 11.6 Å². The van der Waals surface area contributed by atoms with Gasteiger partial charge in [0.2, 0.25) is 0 Å². The topological polar surface area (TPSA) is 74.5 Å². The van der Waals surface area contributed by atoms with Crippen molar-refractivity contribution in [3.8, 4) is 12.3 Å². The van der Waals surface area contributed by atoms with Gasteiger partial charge in [0, 0.05) is 16.8 Å². The predicted molar refractivity (Wildman–Crippen MR) is 89.2 cm³/mol. The first-order valence-corrected chi connectivity index (χ1v) is 7.23. The van der Waals surface area contributed by atoms with Crippen molar-refractivity contribution in [3.05, 3.63) is 53.0 Å². The Morgan fingerprint density at radius 1 is 1.39 bits per heavy atom. The fourth-order valence-electron chi connectivity index (χ4n) is 2.38. The van der Waals surface area contributed by atoms with Crippen molar-refractivity contribution in [2.45, 2.75) is 26.4 Å². The Morgan fingerprint density at radius 3 is 2.74 bits per heavy atom. The minimum Gasteiger partial charge on any atom is -0.466 e. The van der Waals surface area contributed by atoms with E-state index in [4.69, 9.17) is 10.8 Å². The van der Waals surface area contributed by atoms with Crippen molar-refractivity contribution in [1.29, 1.82) is 0 Å². The van der Waals surface area contributed by atoms with Gasteiger partial charge >= 0.3 is 6.03 Å². The largest absolute Gasteiger partial charge is 0.466 e. The molecule has 0 bridgehead atoms. The second-order valence-corrected chi connectivity index (χ2v) is 5.63. The Labute approximate surface area is 135 Å². The SMILES string of the molecule is C#Cc1cccc(NC(=O)NCC(C)(O)c2cc(C)oc2C)c1. The summed E-state index contributed by atoms with van der Waals surface area (Å²) in [4.78, 5) is 12.0. The minimum absolute atomic E-state index is 0.0491. The second-order valence-electron chi connectivity index (χ2n) is 5.63. The predicted octanol–water partition coefficient (Wildman–Crippen LogP) is 2.91. The number of amides is 2. The summed E-state index contributed by atoms with van der Waals surface area (Å²) in [5, 5.41) is 15.9. The van der Waals surface area contributed by atoms with Gasteiger partial charge in [0.1, 0.15) is 17.1 Å². The number of urea groups is 1. The smallest absolute Gasteiger partial charge is 0.319 e. The van der Waals surface area contributed by atoms with Gasteiger partial charge in [-0.1, -0.05) is 12.0 Å². The van der Waals surface area contributed by atoms with Gasteiger partial charge in [-0.2, -0.15) is 0 Å². The zero-order valence-electron chi connectivity index (χ0n) is 13.4. The summed E-state index contributed by atoms with van der Waals surface area (Å²) in [7, 11) is 0. The maximum absolute atomic E-state index is 12.0. The lowest BCUT2D eigenvalue weighted by Crippen LogP contribution is -2.40. The molecule has 0 aliphatic rings. The number of furan rings is 1. The zero-order valence-corrected chi connectivity index (χ0v) is 13.4. The molecule has 0 saturated heterocycles. The molecule has 120 valence electrons. The maximum Gasteiger partial charge on any atom is 0.319 e. The summed E-state index contributed by atoms with van der Waals surface area (Å²) >= 11 is 0. The molecule has 1 atom stereocenters. The lowest BCUT2D eigenvalue weighted by atomic mass is 9.96. The molecule has 1 unspecified atom stereocenters. The van der Waals surface area contributed by atoms with E-state index in [1.54, 1.807) is 44.2 Å². The van der Waals surface area contributed by atoms with E-state index in [1.165, 1.54) is 0 Å². The first-order valence-electron chi connectivity index (χ1n) is 7.23. The average Bonchev–Trinajstić information content (AvgIpc) is 2.85. The van der Waals surface area contributed by atoms with Crippen LogP contribution in [0.5, 0.6) is 0 Å². The fraction of sp³-hybridized carbons (Fsp3) is 0.278. The average molecular weight is 312 g/mol. The highest BCUT2D eigenvalue weighted by atomic mass is 16.3. The van der Waals surface area contributed by atoms with Crippen LogP contribution in [-0.2, 0) is 5.60 Å². The molecule has 0 radical (unpaired) electrons. The monoisotopic (exact) mass is 312 g/mol. The van der Waals surface area contributed by atoms with Crippen LogP contribution in [0.3, 0.4) is 0 Å². The molecule has 0 saturated carbocycles. The third-order valence-electron chi connectivity index (χ3n) is 3.50. The molecule has 3 N–H and O–H groups in total. The molecule has 2 amide bonds. The first kappa shape index (κ1) is 16.7. The molecule has 1 aromatic heterocycles. The normalized spacial score (nSPS) is 13.0.